The Kier molecular flexibility index (Phi) is 17.6. The van der Waals surface area contributed by atoms with Crippen molar-refractivity contribution in [2.24, 2.45) is 41.4 Å². The quantitative estimate of drug-likeness (QED) is 0.0414. The minimum absolute atomic E-state index is 0.157. The van der Waals surface area contributed by atoms with E-state index in [1.54, 1.807) is 24.3 Å². The van der Waals surface area contributed by atoms with Crippen molar-refractivity contribution in [3.05, 3.63) is 239 Å². The van der Waals surface area contributed by atoms with E-state index < -0.39 is 45.8 Å². The van der Waals surface area contributed by atoms with Gasteiger partial charge in [0.2, 0.25) is 0 Å². The molecule has 4 aliphatic rings. The topological polar surface area (TPSA) is 263 Å². The van der Waals surface area contributed by atoms with Gasteiger partial charge in [-0.25, -0.2) is 30.0 Å². The number of benzene rings is 10. The van der Waals surface area contributed by atoms with Crippen LogP contribution < -0.4 is 22.4 Å². The maximum Gasteiger partial charge on any atom is 0.582 e. The summed E-state index contributed by atoms with van der Waals surface area (Å²) in [5.41, 5.74) is 21.7. The first-order chi connectivity index (χ1) is 50.5. The van der Waals surface area contributed by atoms with Crippen molar-refractivity contribution in [3.8, 4) is 44.5 Å². The zero-order valence-electron chi connectivity index (χ0n) is 59.6. The van der Waals surface area contributed by atoms with Crippen LogP contribution in [0, 0.1) is 0 Å². The summed E-state index contributed by atoms with van der Waals surface area (Å²) in [6, 6.07) is 66.2. The largest absolute Gasteiger partial charge is 0.582 e. The fourth-order valence-electron chi connectivity index (χ4n) is 16.9. The van der Waals surface area contributed by atoms with Crippen LogP contribution in [0.5, 0.6) is 0 Å². The summed E-state index contributed by atoms with van der Waals surface area (Å²) in [6.45, 7) is 18.8. The van der Waals surface area contributed by atoms with Crippen LogP contribution in [-0.4, -0.2) is 96.4 Å². The summed E-state index contributed by atoms with van der Waals surface area (Å²) in [4.78, 5) is 35.6. The Morgan fingerprint density at radius 1 is 0.381 bits per heavy atom. The van der Waals surface area contributed by atoms with Crippen LogP contribution in [0.2, 0.25) is 34.3 Å². The van der Waals surface area contributed by atoms with E-state index in [1.165, 1.54) is 12.1 Å². The van der Waals surface area contributed by atoms with Gasteiger partial charge in [0.1, 0.15) is 22.6 Å². The van der Waals surface area contributed by atoms with Crippen LogP contribution >= 0.6 is 0 Å². The number of nitrogens with zero attached hydrogens (tertiary/aromatic N) is 8. The Balaban J connectivity index is 1.34. The van der Waals surface area contributed by atoms with Crippen molar-refractivity contribution < 1.29 is 34.2 Å². The highest BCUT2D eigenvalue weighted by Crippen LogP contribution is 2.57. The molecule has 105 heavy (non-hydrogen) atoms. The van der Waals surface area contributed by atoms with Crippen molar-refractivity contribution in [2.75, 3.05) is 13.1 Å². The lowest BCUT2D eigenvalue weighted by atomic mass is 9.87. The predicted molar refractivity (Wildman–Crippen MR) is 429 cm³/mol. The first-order valence-electron chi connectivity index (χ1n) is 35.9. The van der Waals surface area contributed by atoms with Crippen LogP contribution in [-0.2, 0) is 28.5 Å². The molecule has 12 aromatic rings. The van der Waals surface area contributed by atoms with Crippen LogP contribution in [0.3, 0.4) is 0 Å². The standard InChI is InChI=1S/C82H80N10O8S2Si3/c1-49(2)103(50(3)4,45-25-43-83)99-105(100-104(51(5)6,52(7)8)46-26-44-84)91-79-71-67(53-27-13-9-14-28-53)59-41-39-57(101(93,94)95)47-65(59)69(55-31-17-11-18-32-55)73(71)81(91)89-77-64-38-24-22-36-62(64)76(86-77)88-80-72-68(54-29-15-10-16-30-54)60-42-40-58(102(96,97)98)48-66(60)70(56-33-19-12-20-34-56)74(72)82(92(80)105)90-78-63-37-23-21-35-61(63)75(85-78)87-79/h9-24,27-42,47-52H,25-26,43-46,83-84H2,1-8H3,(H,93,94,95)(H,96,97,98). The van der Waals surface area contributed by atoms with E-state index in [0.29, 0.717) is 183 Å². The highest BCUT2D eigenvalue weighted by molar-refractivity contribution is 7.86. The lowest BCUT2D eigenvalue weighted by Crippen LogP contribution is -2.73. The highest BCUT2D eigenvalue weighted by atomic mass is 32.2. The van der Waals surface area contributed by atoms with Crippen LogP contribution in [0.1, 0.15) is 90.5 Å². The third-order valence-corrected chi connectivity index (χ3v) is 40.8. The molecule has 530 valence electrons. The lowest BCUT2D eigenvalue weighted by molar-refractivity contribution is 0.307. The molecule has 2 aromatic heterocycles. The SMILES string of the molecule is CC(C)[Si](CCCN)(O[Si]1(O[Si](CCCN)(C(C)C)C(C)C)n2c3c4c(-c5ccccc5)c5cc(S(=O)(=O)O)ccc5c(-c5ccccc5)c4c2N=C2N=C(N=c4c5c(-c6ccccc6)c6cc(S(=O)(=O)O)ccc6c(-c6ccccc6)c5c(n41)=NC1=NC(=N3)c3ccccc31)c1ccccc12)C(C)C. The molecule has 0 atom stereocenters. The van der Waals surface area contributed by atoms with E-state index in [1.807, 2.05) is 170 Å². The molecule has 4 aliphatic heterocycles. The van der Waals surface area contributed by atoms with Crippen LogP contribution in [0.4, 0.5) is 11.6 Å². The number of hydrogen-bond donors (Lipinski definition) is 4. The summed E-state index contributed by atoms with van der Waals surface area (Å²) < 4.78 is 102. The van der Waals surface area contributed by atoms with E-state index in [-0.39, 0.29) is 32.0 Å². The number of fused-ring (bicyclic) bond motifs is 16. The number of hydrogen-bond acceptors (Lipinski definition) is 14. The third-order valence-electron chi connectivity index (χ3n) is 21.9. The summed E-state index contributed by atoms with van der Waals surface area (Å²) in [7, 11) is -22.5. The van der Waals surface area contributed by atoms with Gasteiger partial charge in [0.25, 0.3) is 20.2 Å². The molecule has 0 unspecified atom stereocenters. The molecule has 0 saturated heterocycles. The number of aliphatic imine (C=N–C) groups is 4. The van der Waals surface area contributed by atoms with Gasteiger partial charge < -0.3 is 19.7 Å². The van der Waals surface area contributed by atoms with Gasteiger partial charge in [0.05, 0.1) is 9.79 Å². The Labute approximate surface area is 613 Å². The fraction of sp³-hybridized carbons (Fsp3) is 0.220. The van der Waals surface area contributed by atoms with Crippen molar-refractivity contribution in [3.63, 3.8) is 0 Å². The van der Waals surface area contributed by atoms with Gasteiger partial charge >= 0.3 is 8.88 Å². The monoisotopic (exact) mass is 1480 g/mol. The van der Waals surface area contributed by atoms with E-state index in [9.17, 15) is 34.2 Å². The second-order valence-corrected chi connectivity index (χ2v) is 44.8. The molecule has 6 N–H and O–H groups in total. The molecule has 0 saturated carbocycles. The van der Waals surface area contributed by atoms with E-state index in [4.69, 9.17) is 41.4 Å². The third kappa shape index (κ3) is 11.2. The molecule has 23 heteroatoms. The highest BCUT2D eigenvalue weighted by Gasteiger charge is 2.64. The Bertz CT molecular complexity index is 6060. The van der Waals surface area contributed by atoms with Crippen molar-refractivity contribution in [1.82, 2.24) is 8.47 Å². The average molecular weight is 1480 g/mol. The summed E-state index contributed by atoms with van der Waals surface area (Å²) in [6.07, 6.45) is 1.18. The van der Waals surface area contributed by atoms with Gasteiger partial charge in [-0.15, -0.1) is 0 Å². The molecule has 0 radical (unpaired) electrons. The van der Waals surface area contributed by atoms with E-state index in [2.05, 4.69) is 63.9 Å². The minimum Gasteiger partial charge on any atom is -0.403 e. The van der Waals surface area contributed by atoms with Gasteiger partial charge in [-0.3, -0.25) is 17.6 Å². The molecular weight excluding hydrogens is 1400 g/mol. The molecule has 6 heterocycles. The average Bonchev–Trinajstić information content (AvgIpc) is 1.51. The zero-order chi connectivity index (χ0) is 73.2. The van der Waals surface area contributed by atoms with E-state index in [0.717, 1.165) is 11.1 Å². The van der Waals surface area contributed by atoms with Gasteiger partial charge in [0, 0.05) is 66.1 Å². The summed E-state index contributed by atoms with van der Waals surface area (Å²) in [5, 5.41) is 4.48. The molecule has 0 aliphatic carbocycles. The lowest BCUT2D eigenvalue weighted by Gasteiger charge is -2.51. The van der Waals surface area contributed by atoms with Crippen molar-refractivity contribution in [2.45, 2.75) is 112 Å². The van der Waals surface area contributed by atoms with E-state index >= 15 is 0 Å². The number of nitrogens with two attached hydrogens (primary N) is 2. The fourth-order valence-corrected chi connectivity index (χ4v) is 36.9. The molecule has 0 fully saturated rings. The summed E-state index contributed by atoms with van der Waals surface area (Å²) >= 11 is 0. The van der Waals surface area contributed by atoms with Gasteiger partial charge in [0.15, 0.2) is 40.0 Å². The molecule has 0 amide bonds. The maximum atomic E-state index is 13.9. The molecule has 16 rings (SSSR count). The normalized spacial score (nSPS) is 14.8. The Hall–Kier alpha value is -9.61. The van der Waals surface area contributed by atoms with Crippen molar-refractivity contribution >= 4 is 124 Å². The second-order valence-electron chi connectivity index (χ2n) is 28.9. The van der Waals surface area contributed by atoms with Crippen molar-refractivity contribution in [1.29, 1.82) is 0 Å². The number of amidine groups is 4. The Morgan fingerprint density at radius 2 is 0.676 bits per heavy atom. The zero-order valence-corrected chi connectivity index (χ0v) is 64.2. The van der Waals surface area contributed by atoms with Gasteiger partial charge in [-0.2, -0.15) is 16.8 Å². The molecular formula is C82H80N10O8S2Si3. The van der Waals surface area contributed by atoms with Crippen LogP contribution in [0.15, 0.2) is 246 Å². The molecule has 0 spiro atoms. The number of aromatic nitrogens is 2. The second kappa shape index (κ2) is 26.5. The molecule has 18 nitrogen and oxygen atoms in total. The first kappa shape index (κ1) is 69.7. The first-order valence-corrected chi connectivity index (χ1v) is 45.0. The smallest absolute Gasteiger partial charge is 0.403 e. The molecule has 6 bridgehead atoms. The predicted octanol–water partition coefficient (Wildman–Crippen LogP) is 17.1. The maximum absolute atomic E-state index is 13.9. The summed E-state index contributed by atoms with van der Waals surface area (Å²) in [5.74, 6) is 1.92. The van der Waals surface area contributed by atoms with Crippen LogP contribution in [0.25, 0.3) is 87.6 Å². The van der Waals surface area contributed by atoms with Gasteiger partial charge in [-0.05, 0) is 128 Å². The molecule has 10 aromatic carbocycles. The number of rotatable bonds is 20. The minimum atomic E-state index is -5.47. The van der Waals surface area contributed by atoms with Gasteiger partial charge in [-0.1, -0.05) is 237 Å². The Morgan fingerprint density at radius 3 is 0.990 bits per heavy atom.